The van der Waals surface area contributed by atoms with Crippen LogP contribution in [0.3, 0.4) is 0 Å². The van der Waals surface area contributed by atoms with E-state index in [0.717, 1.165) is 29.2 Å². The van der Waals surface area contributed by atoms with Crippen molar-refractivity contribution in [2.75, 3.05) is 6.54 Å². The first kappa shape index (κ1) is 11.8. The van der Waals surface area contributed by atoms with E-state index < -0.39 is 0 Å². The third-order valence-corrected chi connectivity index (χ3v) is 4.25. The van der Waals surface area contributed by atoms with Gasteiger partial charge in [0.25, 0.3) is 0 Å². The Morgan fingerprint density at radius 3 is 3.06 bits per heavy atom. The molecule has 0 bridgehead atoms. The first-order valence-corrected chi connectivity index (χ1v) is 7.07. The van der Waals surface area contributed by atoms with Crippen LogP contribution in [0.2, 0.25) is 0 Å². The van der Waals surface area contributed by atoms with E-state index in [9.17, 15) is 4.39 Å². The fourth-order valence-electron chi connectivity index (χ4n) is 2.29. The van der Waals surface area contributed by atoms with Gasteiger partial charge in [0, 0.05) is 10.9 Å². The van der Waals surface area contributed by atoms with Gasteiger partial charge in [-0.1, -0.05) is 0 Å². The van der Waals surface area contributed by atoms with Crippen LogP contribution in [0.25, 0.3) is 10.6 Å². The number of hydrogen-bond acceptors (Lipinski definition) is 3. The highest BCUT2D eigenvalue weighted by Crippen LogP contribution is 2.30. The quantitative estimate of drug-likeness (QED) is 0.893. The molecular weight excluding hydrogens is 247 g/mol. The zero-order valence-electron chi connectivity index (χ0n) is 10.2. The molecule has 18 heavy (non-hydrogen) atoms. The van der Waals surface area contributed by atoms with Crippen LogP contribution in [-0.4, -0.2) is 11.5 Å². The van der Waals surface area contributed by atoms with Gasteiger partial charge >= 0.3 is 0 Å². The van der Waals surface area contributed by atoms with Gasteiger partial charge in [-0.2, -0.15) is 0 Å². The van der Waals surface area contributed by atoms with Crippen molar-refractivity contribution in [2.24, 2.45) is 0 Å². The van der Waals surface area contributed by atoms with E-state index in [0.29, 0.717) is 11.6 Å². The minimum absolute atomic E-state index is 0.159. The summed E-state index contributed by atoms with van der Waals surface area (Å²) < 4.78 is 13.2. The molecule has 2 nitrogen and oxygen atoms in total. The summed E-state index contributed by atoms with van der Waals surface area (Å²) in [5.74, 6) is -0.159. The number of nitrogens with zero attached hydrogens (tertiary/aromatic N) is 1. The Labute approximate surface area is 110 Å². The number of nitrogens with one attached hydrogen (secondary N) is 1. The second kappa shape index (κ2) is 4.78. The van der Waals surface area contributed by atoms with Crippen molar-refractivity contribution in [3.05, 3.63) is 40.7 Å². The smallest absolute Gasteiger partial charge is 0.126 e. The molecule has 3 rings (SSSR count). The van der Waals surface area contributed by atoms with Gasteiger partial charge in [0.15, 0.2) is 0 Å². The second-order valence-electron chi connectivity index (χ2n) is 4.69. The molecule has 0 amide bonds. The van der Waals surface area contributed by atoms with Crippen LogP contribution in [0.5, 0.6) is 0 Å². The van der Waals surface area contributed by atoms with E-state index >= 15 is 0 Å². The molecular formula is C14H15FN2S. The monoisotopic (exact) mass is 262 g/mol. The van der Waals surface area contributed by atoms with Crippen molar-refractivity contribution in [3.8, 4) is 10.6 Å². The maximum absolute atomic E-state index is 13.2. The zero-order valence-corrected chi connectivity index (χ0v) is 11.1. The van der Waals surface area contributed by atoms with E-state index in [1.165, 1.54) is 12.5 Å². The van der Waals surface area contributed by atoms with Crippen molar-refractivity contribution < 1.29 is 4.39 Å². The fourth-order valence-corrected chi connectivity index (χ4v) is 3.16. The summed E-state index contributed by atoms with van der Waals surface area (Å²) in [5, 5.41) is 6.52. The molecule has 4 heteroatoms. The third-order valence-electron chi connectivity index (χ3n) is 3.34. The van der Waals surface area contributed by atoms with Gasteiger partial charge in [0.1, 0.15) is 10.8 Å². The lowest BCUT2D eigenvalue weighted by Crippen LogP contribution is -2.12. The van der Waals surface area contributed by atoms with Crippen molar-refractivity contribution in [1.82, 2.24) is 10.3 Å². The van der Waals surface area contributed by atoms with E-state index in [2.05, 4.69) is 15.7 Å². The SMILES string of the molecule is Cc1cc(-c2nc([C@@H]3CCCN3)cs2)ccc1F. The molecule has 1 fully saturated rings. The molecule has 1 atom stereocenters. The molecule has 1 saturated heterocycles. The van der Waals surface area contributed by atoms with Gasteiger partial charge in [-0.3, -0.25) is 0 Å². The minimum Gasteiger partial charge on any atom is -0.309 e. The third kappa shape index (κ3) is 2.18. The average Bonchev–Trinajstić information content (AvgIpc) is 3.01. The number of benzene rings is 1. The molecule has 1 aliphatic rings. The highest BCUT2D eigenvalue weighted by Gasteiger charge is 2.19. The van der Waals surface area contributed by atoms with Gasteiger partial charge in [-0.25, -0.2) is 9.37 Å². The molecule has 1 aromatic carbocycles. The molecule has 0 unspecified atom stereocenters. The maximum Gasteiger partial charge on any atom is 0.126 e. The van der Waals surface area contributed by atoms with Gasteiger partial charge in [0.2, 0.25) is 0 Å². The van der Waals surface area contributed by atoms with Crippen molar-refractivity contribution in [3.63, 3.8) is 0 Å². The normalized spacial score (nSPS) is 19.3. The first-order chi connectivity index (χ1) is 8.74. The van der Waals surface area contributed by atoms with Gasteiger partial charge in [-0.15, -0.1) is 11.3 Å². The van der Waals surface area contributed by atoms with Crippen molar-refractivity contribution >= 4 is 11.3 Å². The molecule has 1 N–H and O–H groups in total. The molecule has 2 heterocycles. The summed E-state index contributed by atoms with van der Waals surface area (Å²) in [5.41, 5.74) is 2.79. The van der Waals surface area contributed by atoms with Crippen LogP contribution in [-0.2, 0) is 0 Å². The Balaban J connectivity index is 1.89. The number of halogens is 1. The largest absolute Gasteiger partial charge is 0.309 e. The van der Waals surface area contributed by atoms with Gasteiger partial charge in [0.05, 0.1) is 11.7 Å². The molecule has 1 aromatic heterocycles. The van der Waals surface area contributed by atoms with Gasteiger partial charge < -0.3 is 5.32 Å². The van der Waals surface area contributed by atoms with E-state index in [1.807, 2.05) is 6.07 Å². The highest BCUT2D eigenvalue weighted by molar-refractivity contribution is 7.13. The van der Waals surface area contributed by atoms with E-state index in [-0.39, 0.29) is 5.82 Å². The Morgan fingerprint density at radius 1 is 1.44 bits per heavy atom. The van der Waals surface area contributed by atoms with Crippen LogP contribution in [0.4, 0.5) is 4.39 Å². The Kier molecular flexibility index (Phi) is 3.14. The highest BCUT2D eigenvalue weighted by atomic mass is 32.1. The summed E-state index contributed by atoms with van der Waals surface area (Å²) in [7, 11) is 0. The molecule has 0 radical (unpaired) electrons. The van der Waals surface area contributed by atoms with Crippen LogP contribution < -0.4 is 5.32 Å². The standard InChI is InChI=1S/C14H15FN2S/c1-9-7-10(4-5-11(9)15)14-17-13(8-18-14)12-3-2-6-16-12/h4-5,7-8,12,16H,2-3,6H2,1H3/t12-/m0/s1. The number of rotatable bonds is 2. The summed E-state index contributed by atoms with van der Waals surface area (Å²) in [6.45, 7) is 2.86. The maximum atomic E-state index is 13.2. The van der Waals surface area contributed by atoms with Crippen LogP contribution in [0, 0.1) is 12.7 Å². The van der Waals surface area contributed by atoms with Crippen LogP contribution in [0.1, 0.15) is 30.1 Å². The summed E-state index contributed by atoms with van der Waals surface area (Å²) in [6, 6.07) is 5.57. The lowest BCUT2D eigenvalue weighted by Gasteiger charge is -2.05. The first-order valence-electron chi connectivity index (χ1n) is 6.19. The second-order valence-corrected chi connectivity index (χ2v) is 5.55. The fraction of sp³-hybridized carbons (Fsp3) is 0.357. The number of thiazole rings is 1. The summed E-state index contributed by atoms with van der Waals surface area (Å²) >= 11 is 1.63. The van der Waals surface area contributed by atoms with Crippen molar-refractivity contribution in [1.29, 1.82) is 0 Å². The number of hydrogen-bond donors (Lipinski definition) is 1. The van der Waals surface area contributed by atoms with Crippen molar-refractivity contribution in [2.45, 2.75) is 25.8 Å². The molecule has 1 aliphatic heterocycles. The Bertz CT molecular complexity index is 559. The molecule has 2 aromatic rings. The topological polar surface area (TPSA) is 24.9 Å². The summed E-state index contributed by atoms with van der Waals surface area (Å²) in [4.78, 5) is 4.67. The molecule has 0 spiro atoms. The van der Waals surface area contributed by atoms with Crippen LogP contribution >= 0.6 is 11.3 Å². The minimum atomic E-state index is -0.159. The molecule has 0 saturated carbocycles. The zero-order chi connectivity index (χ0) is 12.5. The number of aromatic nitrogens is 1. The molecule has 0 aliphatic carbocycles. The number of aryl methyl sites for hydroxylation is 1. The Hall–Kier alpha value is -1.26. The Morgan fingerprint density at radius 2 is 2.33 bits per heavy atom. The lowest BCUT2D eigenvalue weighted by molar-refractivity contribution is 0.618. The summed E-state index contributed by atoms with van der Waals surface area (Å²) in [6.07, 6.45) is 2.37. The van der Waals surface area contributed by atoms with Gasteiger partial charge in [-0.05, 0) is 50.1 Å². The molecule has 94 valence electrons. The van der Waals surface area contributed by atoms with E-state index in [4.69, 9.17) is 0 Å². The predicted molar refractivity (Wildman–Crippen MR) is 72.2 cm³/mol. The van der Waals surface area contributed by atoms with Crippen LogP contribution in [0.15, 0.2) is 23.6 Å². The predicted octanol–water partition coefficient (Wildman–Crippen LogP) is 3.68. The average molecular weight is 262 g/mol. The van der Waals surface area contributed by atoms with E-state index in [1.54, 1.807) is 24.3 Å². The lowest BCUT2D eigenvalue weighted by atomic mass is 10.1.